The van der Waals surface area contributed by atoms with Crippen LogP contribution in [0.1, 0.15) is 66.2 Å². The number of allylic oxidation sites excluding steroid dienone is 2. The molecule has 0 amide bonds. The molecular formula is C15H28. The summed E-state index contributed by atoms with van der Waals surface area (Å²) in [5, 5.41) is 0. The molecule has 1 rings (SSSR count). The van der Waals surface area contributed by atoms with Gasteiger partial charge in [-0.05, 0) is 30.6 Å². The first-order chi connectivity index (χ1) is 7.15. The Kier molecular flexibility index (Phi) is 5.42. The summed E-state index contributed by atoms with van der Waals surface area (Å²) in [6.45, 7) is 9.53. The van der Waals surface area contributed by atoms with E-state index in [1.54, 1.807) is 5.57 Å². The quantitative estimate of drug-likeness (QED) is 0.416. The maximum atomic E-state index is 2.51. The van der Waals surface area contributed by atoms with E-state index in [4.69, 9.17) is 0 Å². The zero-order valence-corrected chi connectivity index (χ0v) is 11.1. The molecule has 3 unspecified atom stereocenters. The van der Waals surface area contributed by atoms with Crippen molar-refractivity contribution in [3.05, 3.63) is 11.6 Å². The predicted molar refractivity (Wildman–Crippen MR) is 69.0 cm³/mol. The third-order valence-electron chi connectivity index (χ3n) is 4.07. The second kappa shape index (κ2) is 6.35. The lowest BCUT2D eigenvalue weighted by molar-refractivity contribution is 0.384. The molecule has 0 saturated heterocycles. The lowest BCUT2D eigenvalue weighted by atomic mass is 9.84. The Morgan fingerprint density at radius 1 is 1.33 bits per heavy atom. The van der Waals surface area contributed by atoms with Crippen LogP contribution in [0.4, 0.5) is 0 Å². The Balaban J connectivity index is 2.29. The molecule has 0 aliphatic heterocycles. The van der Waals surface area contributed by atoms with Crippen LogP contribution in [-0.2, 0) is 0 Å². The molecule has 0 saturated carbocycles. The van der Waals surface area contributed by atoms with Gasteiger partial charge in [-0.25, -0.2) is 0 Å². The Morgan fingerprint density at radius 3 is 2.60 bits per heavy atom. The molecule has 15 heavy (non-hydrogen) atoms. The van der Waals surface area contributed by atoms with Crippen LogP contribution in [0, 0.1) is 17.8 Å². The van der Waals surface area contributed by atoms with Gasteiger partial charge in [-0.15, -0.1) is 0 Å². The average molecular weight is 208 g/mol. The maximum Gasteiger partial charge on any atom is -0.0206 e. The molecule has 0 radical (unpaired) electrons. The first-order valence-corrected chi connectivity index (χ1v) is 6.84. The van der Waals surface area contributed by atoms with Crippen molar-refractivity contribution in [3.8, 4) is 0 Å². The van der Waals surface area contributed by atoms with E-state index in [2.05, 4.69) is 33.8 Å². The van der Waals surface area contributed by atoms with Gasteiger partial charge in [0.05, 0.1) is 0 Å². The normalized spacial score (nSPS) is 25.1. The standard InChI is InChI=1S/C15H28/c1-5-6-7-8-13(3)14(4)15-10-9-12(2)11-15/h10,12-14H,5-9,11H2,1-4H3. The Bertz CT molecular complexity index is 202. The second-order valence-corrected chi connectivity index (χ2v) is 5.59. The zero-order valence-electron chi connectivity index (χ0n) is 11.1. The molecule has 88 valence electrons. The fourth-order valence-corrected chi connectivity index (χ4v) is 2.63. The maximum absolute atomic E-state index is 2.51. The predicted octanol–water partition coefficient (Wildman–Crippen LogP) is 5.20. The summed E-state index contributed by atoms with van der Waals surface area (Å²) < 4.78 is 0. The number of unbranched alkanes of at least 4 members (excludes halogenated alkanes) is 2. The topological polar surface area (TPSA) is 0 Å². The van der Waals surface area contributed by atoms with E-state index in [1.807, 2.05) is 0 Å². The van der Waals surface area contributed by atoms with Gasteiger partial charge in [0.15, 0.2) is 0 Å². The summed E-state index contributed by atoms with van der Waals surface area (Å²) in [4.78, 5) is 0. The Hall–Kier alpha value is -0.260. The first-order valence-electron chi connectivity index (χ1n) is 6.84. The second-order valence-electron chi connectivity index (χ2n) is 5.59. The van der Waals surface area contributed by atoms with E-state index < -0.39 is 0 Å². The molecule has 0 bridgehead atoms. The lowest BCUT2D eigenvalue weighted by Crippen LogP contribution is -2.10. The van der Waals surface area contributed by atoms with E-state index in [-0.39, 0.29) is 0 Å². The fraction of sp³-hybridized carbons (Fsp3) is 0.867. The largest absolute Gasteiger partial charge is 0.0848 e. The summed E-state index contributed by atoms with van der Waals surface area (Å²) in [7, 11) is 0. The van der Waals surface area contributed by atoms with Gasteiger partial charge in [-0.1, -0.05) is 65.0 Å². The minimum Gasteiger partial charge on any atom is -0.0848 e. The highest BCUT2D eigenvalue weighted by atomic mass is 14.3. The summed E-state index contributed by atoms with van der Waals surface area (Å²) in [5.74, 6) is 2.62. The van der Waals surface area contributed by atoms with Gasteiger partial charge in [0.2, 0.25) is 0 Å². The molecule has 0 aromatic carbocycles. The number of hydrogen-bond donors (Lipinski definition) is 0. The van der Waals surface area contributed by atoms with Crippen LogP contribution < -0.4 is 0 Å². The average Bonchev–Trinajstić information content (AvgIpc) is 2.64. The lowest BCUT2D eigenvalue weighted by Gasteiger charge is -2.21. The highest BCUT2D eigenvalue weighted by Crippen LogP contribution is 2.34. The highest BCUT2D eigenvalue weighted by Gasteiger charge is 2.21. The van der Waals surface area contributed by atoms with Crippen molar-refractivity contribution in [3.63, 3.8) is 0 Å². The van der Waals surface area contributed by atoms with Crippen molar-refractivity contribution >= 4 is 0 Å². The van der Waals surface area contributed by atoms with Crippen molar-refractivity contribution in [1.82, 2.24) is 0 Å². The van der Waals surface area contributed by atoms with Gasteiger partial charge in [-0.3, -0.25) is 0 Å². The van der Waals surface area contributed by atoms with Gasteiger partial charge in [0, 0.05) is 0 Å². The summed E-state index contributed by atoms with van der Waals surface area (Å²) >= 11 is 0. The molecule has 0 heteroatoms. The molecule has 0 fully saturated rings. The molecule has 0 N–H and O–H groups in total. The van der Waals surface area contributed by atoms with Crippen LogP contribution >= 0.6 is 0 Å². The van der Waals surface area contributed by atoms with Gasteiger partial charge < -0.3 is 0 Å². The summed E-state index contributed by atoms with van der Waals surface area (Å²) in [6, 6.07) is 0. The zero-order chi connectivity index (χ0) is 11.3. The molecule has 1 aliphatic carbocycles. The van der Waals surface area contributed by atoms with E-state index in [0.29, 0.717) is 0 Å². The minimum absolute atomic E-state index is 0.826. The van der Waals surface area contributed by atoms with Gasteiger partial charge in [0.25, 0.3) is 0 Å². The molecule has 0 nitrogen and oxygen atoms in total. The van der Waals surface area contributed by atoms with Gasteiger partial charge in [-0.2, -0.15) is 0 Å². The van der Waals surface area contributed by atoms with Crippen LogP contribution in [0.3, 0.4) is 0 Å². The van der Waals surface area contributed by atoms with E-state index >= 15 is 0 Å². The van der Waals surface area contributed by atoms with Crippen LogP contribution in [-0.4, -0.2) is 0 Å². The third kappa shape index (κ3) is 4.01. The fourth-order valence-electron chi connectivity index (χ4n) is 2.63. The van der Waals surface area contributed by atoms with Crippen LogP contribution in [0.25, 0.3) is 0 Å². The summed E-state index contributed by atoms with van der Waals surface area (Å²) in [6.07, 6.45) is 10.8. The van der Waals surface area contributed by atoms with E-state index in [0.717, 1.165) is 17.8 Å². The van der Waals surface area contributed by atoms with Crippen molar-refractivity contribution in [2.24, 2.45) is 17.8 Å². The van der Waals surface area contributed by atoms with Gasteiger partial charge in [0.1, 0.15) is 0 Å². The van der Waals surface area contributed by atoms with Crippen LogP contribution in [0.15, 0.2) is 11.6 Å². The van der Waals surface area contributed by atoms with E-state index in [9.17, 15) is 0 Å². The van der Waals surface area contributed by atoms with Crippen molar-refractivity contribution in [2.75, 3.05) is 0 Å². The molecule has 0 aromatic heterocycles. The smallest absolute Gasteiger partial charge is 0.0206 e. The number of hydrogen-bond acceptors (Lipinski definition) is 0. The van der Waals surface area contributed by atoms with Crippen molar-refractivity contribution in [2.45, 2.75) is 66.2 Å². The SMILES string of the molecule is CCCCCC(C)C(C)C1=CCC(C)C1. The highest BCUT2D eigenvalue weighted by molar-refractivity contribution is 5.13. The molecule has 0 aromatic rings. The Morgan fingerprint density at radius 2 is 2.07 bits per heavy atom. The third-order valence-corrected chi connectivity index (χ3v) is 4.07. The van der Waals surface area contributed by atoms with Crippen LogP contribution in [0.5, 0.6) is 0 Å². The minimum atomic E-state index is 0.826. The van der Waals surface area contributed by atoms with Crippen LogP contribution in [0.2, 0.25) is 0 Å². The molecular weight excluding hydrogens is 180 g/mol. The van der Waals surface area contributed by atoms with Crippen molar-refractivity contribution < 1.29 is 0 Å². The first kappa shape index (κ1) is 12.8. The molecule has 3 atom stereocenters. The molecule has 0 heterocycles. The monoisotopic (exact) mass is 208 g/mol. The summed E-state index contributed by atoms with van der Waals surface area (Å²) in [5.41, 5.74) is 1.74. The molecule has 1 aliphatic rings. The van der Waals surface area contributed by atoms with E-state index in [1.165, 1.54) is 38.5 Å². The molecule has 0 spiro atoms. The number of rotatable bonds is 6. The Labute approximate surface area is 96.2 Å². The van der Waals surface area contributed by atoms with Gasteiger partial charge >= 0.3 is 0 Å². The van der Waals surface area contributed by atoms with Crippen molar-refractivity contribution in [1.29, 1.82) is 0 Å².